The van der Waals surface area contributed by atoms with Crippen LogP contribution in [-0.2, 0) is 20.7 Å². The summed E-state index contributed by atoms with van der Waals surface area (Å²) < 4.78 is 6.94. The molecule has 11 heteroatoms. The summed E-state index contributed by atoms with van der Waals surface area (Å²) in [5.41, 5.74) is 0.580. The van der Waals surface area contributed by atoms with Crippen LogP contribution in [0.4, 0.5) is 5.13 Å². The highest BCUT2D eigenvalue weighted by Crippen LogP contribution is 2.30. The lowest BCUT2D eigenvalue weighted by Gasteiger charge is -2.12. The monoisotopic (exact) mass is 451 g/mol. The molecule has 0 atom stereocenters. The average molecular weight is 452 g/mol. The standard InChI is InChI=1S/C18H21N5O3S3/c1-4-26-15(25)8-12-9-28-17(19-12)20-14(24)10-29-18-22-21-16(23(18)11(2)3)13-6-5-7-27-13/h5-7,9,11H,4,8,10H2,1-3H3,(H,19,20,24). The molecule has 3 rings (SSSR count). The maximum Gasteiger partial charge on any atom is 0.311 e. The molecule has 154 valence electrons. The number of thiazole rings is 1. The SMILES string of the molecule is CCOC(=O)Cc1csc(NC(=O)CSc2nnc(-c3cccs3)n2C(C)C)n1. The first-order valence-electron chi connectivity index (χ1n) is 8.99. The van der Waals surface area contributed by atoms with Crippen molar-refractivity contribution < 1.29 is 14.3 Å². The van der Waals surface area contributed by atoms with Crippen molar-refractivity contribution in [2.75, 3.05) is 17.7 Å². The lowest BCUT2D eigenvalue weighted by molar-refractivity contribution is -0.142. The Kier molecular flexibility index (Phi) is 7.40. The van der Waals surface area contributed by atoms with Crippen LogP contribution in [0.3, 0.4) is 0 Å². The molecule has 0 radical (unpaired) electrons. The van der Waals surface area contributed by atoms with Gasteiger partial charge in [0.05, 0.1) is 29.4 Å². The van der Waals surface area contributed by atoms with Crippen LogP contribution in [0.15, 0.2) is 28.0 Å². The summed E-state index contributed by atoms with van der Waals surface area (Å²) in [6, 6.07) is 4.14. The van der Waals surface area contributed by atoms with E-state index in [0.717, 1.165) is 10.7 Å². The van der Waals surface area contributed by atoms with Gasteiger partial charge in [-0.3, -0.25) is 14.2 Å². The lowest BCUT2D eigenvalue weighted by Crippen LogP contribution is -2.15. The largest absolute Gasteiger partial charge is 0.466 e. The highest BCUT2D eigenvalue weighted by molar-refractivity contribution is 7.99. The van der Waals surface area contributed by atoms with Crippen LogP contribution in [-0.4, -0.2) is 44.0 Å². The van der Waals surface area contributed by atoms with Crippen LogP contribution >= 0.6 is 34.4 Å². The Labute approximate surface area is 180 Å². The lowest BCUT2D eigenvalue weighted by atomic mass is 10.3. The fourth-order valence-electron chi connectivity index (χ4n) is 2.51. The molecular formula is C18H21N5O3S3. The van der Waals surface area contributed by atoms with Crippen LogP contribution in [0, 0.1) is 0 Å². The van der Waals surface area contributed by atoms with Crippen molar-refractivity contribution >= 4 is 51.4 Å². The first-order chi connectivity index (χ1) is 14.0. The van der Waals surface area contributed by atoms with Gasteiger partial charge in [-0.1, -0.05) is 17.8 Å². The molecule has 0 aromatic carbocycles. The van der Waals surface area contributed by atoms with E-state index in [0.29, 0.717) is 22.6 Å². The number of carbonyl (C=O) groups is 2. The third-order valence-corrected chi connectivity index (χ3v) is 6.30. The van der Waals surface area contributed by atoms with Gasteiger partial charge in [-0.15, -0.1) is 32.9 Å². The maximum absolute atomic E-state index is 12.3. The third kappa shape index (κ3) is 5.64. The Morgan fingerprint density at radius 3 is 2.83 bits per heavy atom. The number of nitrogens with zero attached hydrogens (tertiary/aromatic N) is 4. The van der Waals surface area contributed by atoms with E-state index in [1.54, 1.807) is 23.6 Å². The molecule has 0 saturated carbocycles. The number of aromatic nitrogens is 4. The third-order valence-electron chi connectivity index (χ3n) is 3.68. The van der Waals surface area contributed by atoms with Crippen molar-refractivity contribution in [1.29, 1.82) is 0 Å². The fourth-order valence-corrected chi connectivity index (χ4v) is 4.80. The topological polar surface area (TPSA) is 99.0 Å². The Morgan fingerprint density at radius 2 is 2.14 bits per heavy atom. The molecule has 0 aliphatic carbocycles. The van der Waals surface area contributed by atoms with Crippen molar-refractivity contribution in [2.45, 2.75) is 38.4 Å². The van der Waals surface area contributed by atoms with E-state index in [1.165, 1.54) is 23.1 Å². The second-order valence-electron chi connectivity index (χ2n) is 6.21. The summed E-state index contributed by atoms with van der Waals surface area (Å²) >= 11 is 4.21. The number of rotatable bonds is 9. The highest BCUT2D eigenvalue weighted by atomic mass is 32.2. The molecule has 3 aromatic rings. The number of hydrogen-bond donors (Lipinski definition) is 1. The van der Waals surface area contributed by atoms with E-state index in [9.17, 15) is 9.59 Å². The highest BCUT2D eigenvalue weighted by Gasteiger charge is 2.19. The van der Waals surface area contributed by atoms with Gasteiger partial charge in [0, 0.05) is 11.4 Å². The van der Waals surface area contributed by atoms with Gasteiger partial charge in [0.25, 0.3) is 0 Å². The van der Waals surface area contributed by atoms with Gasteiger partial charge in [0.2, 0.25) is 5.91 Å². The number of esters is 1. The van der Waals surface area contributed by atoms with Crippen molar-refractivity contribution in [3.05, 3.63) is 28.6 Å². The average Bonchev–Trinajstić information content (AvgIpc) is 3.40. The van der Waals surface area contributed by atoms with Crippen LogP contribution < -0.4 is 5.32 Å². The predicted octanol–water partition coefficient (Wildman–Crippen LogP) is 3.88. The molecule has 0 aliphatic heterocycles. The van der Waals surface area contributed by atoms with Crippen LogP contribution in [0.5, 0.6) is 0 Å². The van der Waals surface area contributed by atoms with E-state index >= 15 is 0 Å². The van der Waals surface area contributed by atoms with E-state index < -0.39 is 0 Å². The molecule has 0 fully saturated rings. The Balaban J connectivity index is 1.59. The first-order valence-corrected chi connectivity index (χ1v) is 11.7. The predicted molar refractivity (Wildman–Crippen MR) is 116 cm³/mol. The molecular weight excluding hydrogens is 430 g/mol. The molecule has 0 bridgehead atoms. The zero-order valence-corrected chi connectivity index (χ0v) is 18.7. The molecule has 0 aliphatic rings. The quantitative estimate of drug-likeness (QED) is 0.389. The normalized spacial score (nSPS) is 11.0. The molecule has 1 amide bonds. The van der Waals surface area contributed by atoms with Crippen LogP contribution in [0.1, 0.15) is 32.5 Å². The zero-order chi connectivity index (χ0) is 20.8. The van der Waals surface area contributed by atoms with Crippen molar-refractivity contribution in [2.24, 2.45) is 0 Å². The number of thiophene rings is 1. The van der Waals surface area contributed by atoms with Crippen LogP contribution in [0.25, 0.3) is 10.7 Å². The zero-order valence-electron chi connectivity index (χ0n) is 16.2. The van der Waals surface area contributed by atoms with Crippen molar-refractivity contribution in [3.63, 3.8) is 0 Å². The van der Waals surface area contributed by atoms with Gasteiger partial charge in [-0.2, -0.15) is 0 Å². The number of carbonyl (C=O) groups excluding carboxylic acids is 2. The minimum absolute atomic E-state index is 0.0952. The van der Waals surface area contributed by atoms with Crippen molar-refractivity contribution in [3.8, 4) is 10.7 Å². The Hall–Kier alpha value is -2.24. The minimum atomic E-state index is -0.333. The number of ether oxygens (including phenoxy) is 1. The first kappa shape index (κ1) is 21.5. The summed E-state index contributed by atoms with van der Waals surface area (Å²) in [6.07, 6.45) is 0.0952. The van der Waals surface area contributed by atoms with E-state index in [4.69, 9.17) is 4.74 Å². The minimum Gasteiger partial charge on any atom is -0.466 e. The second-order valence-corrected chi connectivity index (χ2v) is 8.96. The second kappa shape index (κ2) is 9.99. The fraction of sp³-hybridized carbons (Fsp3) is 0.389. The number of thioether (sulfide) groups is 1. The molecule has 0 saturated heterocycles. The number of hydrogen-bond acceptors (Lipinski definition) is 9. The summed E-state index contributed by atoms with van der Waals surface area (Å²) in [5, 5.41) is 16.2. The van der Waals surface area contributed by atoms with Gasteiger partial charge in [-0.25, -0.2) is 4.98 Å². The molecule has 3 aromatic heterocycles. The van der Waals surface area contributed by atoms with Gasteiger partial charge in [0.1, 0.15) is 0 Å². The summed E-state index contributed by atoms with van der Waals surface area (Å²) in [7, 11) is 0. The molecule has 0 unspecified atom stereocenters. The van der Waals surface area contributed by atoms with Crippen molar-refractivity contribution in [1.82, 2.24) is 19.7 Å². The molecule has 1 N–H and O–H groups in total. The van der Waals surface area contributed by atoms with Crippen LogP contribution in [0.2, 0.25) is 0 Å². The van der Waals surface area contributed by atoms with Gasteiger partial charge >= 0.3 is 5.97 Å². The summed E-state index contributed by atoms with van der Waals surface area (Å²) in [4.78, 5) is 29.1. The molecule has 8 nitrogen and oxygen atoms in total. The van der Waals surface area contributed by atoms with E-state index in [1.807, 2.05) is 22.1 Å². The molecule has 3 heterocycles. The Bertz CT molecular complexity index is 965. The van der Waals surface area contributed by atoms with Gasteiger partial charge in [-0.05, 0) is 32.2 Å². The molecule has 0 spiro atoms. The number of nitrogens with one attached hydrogen (secondary N) is 1. The summed E-state index contributed by atoms with van der Waals surface area (Å²) in [5.74, 6) is 0.465. The maximum atomic E-state index is 12.3. The Morgan fingerprint density at radius 1 is 1.31 bits per heavy atom. The number of anilines is 1. The van der Waals surface area contributed by atoms with E-state index in [2.05, 4.69) is 34.3 Å². The van der Waals surface area contributed by atoms with E-state index in [-0.39, 0.29) is 30.1 Å². The van der Waals surface area contributed by atoms with Gasteiger partial charge in [0.15, 0.2) is 16.1 Å². The molecule has 29 heavy (non-hydrogen) atoms. The smallest absolute Gasteiger partial charge is 0.311 e. The van der Waals surface area contributed by atoms with Gasteiger partial charge < -0.3 is 10.1 Å². The summed E-state index contributed by atoms with van der Waals surface area (Å²) in [6.45, 7) is 6.21. The number of amides is 1.